The molecule has 18 heavy (non-hydrogen) atoms. The van der Waals surface area contributed by atoms with E-state index in [4.69, 9.17) is 23.1 Å². The highest BCUT2D eigenvalue weighted by molar-refractivity contribution is 6.31. The Bertz CT molecular complexity index is 473. The van der Waals surface area contributed by atoms with E-state index in [9.17, 15) is 4.79 Å². The molecule has 1 aromatic rings. The number of ketones is 1. The van der Waals surface area contributed by atoms with Crippen LogP contribution in [-0.4, -0.2) is 17.9 Å². The summed E-state index contributed by atoms with van der Waals surface area (Å²) in [5.41, 5.74) is 11.9. The second kappa shape index (κ2) is 4.65. The average Bonchev–Trinajstić information content (AvgIpc) is 2.33. The largest absolute Gasteiger partial charge is 0.329 e. The molecule has 1 aliphatic carbocycles. The van der Waals surface area contributed by atoms with Gasteiger partial charge in [0.15, 0.2) is 0 Å². The molecule has 1 fully saturated rings. The molecule has 2 unspecified atom stereocenters. The van der Waals surface area contributed by atoms with Crippen molar-refractivity contribution in [3.63, 3.8) is 0 Å². The third kappa shape index (κ3) is 2.18. The van der Waals surface area contributed by atoms with Crippen molar-refractivity contribution in [2.75, 3.05) is 6.54 Å². The molecule has 3 nitrogen and oxygen atoms in total. The predicted octanol–water partition coefficient (Wildman–Crippen LogP) is 2.01. The van der Waals surface area contributed by atoms with Crippen molar-refractivity contribution in [1.29, 1.82) is 0 Å². The number of benzene rings is 1. The fourth-order valence-electron chi connectivity index (χ4n) is 2.91. The molecular weight excluding hydrogens is 248 g/mol. The summed E-state index contributed by atoms with van der Waals surface area (Å²) in [5, 5.41) is 0.592. The predicted molar refractivity (Wildman–Crippen MR) is 73.6 cm³/mol. The summed E-state index contributed by atoms with van der Waals surface area (Å²) in [5.74, 6) is 0.154. The van der Waals surface area contributed by atoms with Gasteiger partial charge in [0.2, 0.25) is 0 Å². The fraction of sp³-hybridized carbons (Fsp3) is 0.500. The second-order valence-corrected chi connectivity index (χ2v) is 5.93. The molecule has 1 aliphatic rings. The standard InChI is InChI=1S/C14H19ClN2O/c1-13(17)7-6-12(18)14(8-13,9-16)10-4-2-3-5-11(10)15/h2-5H,6-9,16-17H2,1H3. The number of Topliss-reactive ketones (excluding diaryl/α,β-unsaturated/α-hetero) is 1. The van der Waals surface area contributed by atoms with Gasteiger partial charge in [0.05, 0.1) is 5.41 Å². The molecule has 0 radical (unpaired) electrons. The quantitative estimate of drug-likeness (QED) is 0.860. The lowest BCUT2D eigenvalue weighted by molar-refractivity contribution is -0.127. The maximum absolute atomic E-state index is 12.4. The topological polar surface area (TPSA) is 69.1 Å². The Hall–Kier alpha value is -0.900. The number of nitrogens with two attached hydrogens (primary N) is 2. The van der Waals surface area contributed by atoms with Crippen LogP contribution >= 0.6 is 11.6 Å². The monoisotopic (exact) mass is 266 g/mol. The Morgan fingerprint density at radius 1 is 1.39 bits per heavy atom. The first-order chi connectivity index (χ1) is 8.41. The van der Waals surface area contributed by atoms with Gasteiger partial charge in [0.25, 0.3) is 0 Å². The van der Waals surface area contributed by atoms with Crippen LogP contribution in [0, 0.1) is 0 Å². The van der Waals surface area contributed by atoms with Gasteiger partial charge < -0.3 is 11.5 Å². The Labute approximate surface area is 112 Å². The number of hydrogen-bond acceptors (Lipinski definition) is 3. The van der Waals surface area contributed by atoms with Crippen molar-refractivity contribution >= 4 is 17.4 Å². The maximum Gasteiger partial charge on any atom is 0.144 e. The van der Waals surface area contributed by atoms with E-state index in [1.165, 1.54) is 0 Å². The first-order valence-electron chi connectivity index (χ1n) is 6.19. The Kier molecular flexibility index (Phi) is 3.49. The highest BCUT2D eigenvalue weighted by Gasteiger charge is 2.47. The summed E-state index contributed by atoms with van der Waals surface area (Å²) in [6, 6.07) is 7.41. The highest BCUT2D eigenvalue weighted by atomic mass is 35.5. The third-order valence-corrected chi connectivity index (χ3v) is 4.23. The van der Waals surface area contributed by atoms with Crippen LogP contribution < -0.4 is 11.5 Å². The zero-order valence-electron chi connectivity index (χ0n) is 10.6. The fourth-order valence-corrected chi connectivity index (χ4v) is 3.22. The molecule has 0 amide bonds. The summed E-state index contributed by atoms with van der Waals surface area (Å²) in [4.78, 5) is 12.4. The van der Waals surface area contributed by atoms with Gasteiger partial charge in [-0.25, -0.2) is 0 Å². The second-order valence-electron chi connectivity index (χ2n) is 5.52. The van der Waals surface area contributed by atoms with E-state index in [0.717, 1.165) is 5.56 Å². The first-order valence-corrected chi connectivity index (χ1v) is 6.56. The lowest BCUT2D eigenvalue weighted by Gasteiger charge is -2.43. The number of carbonyl (C=O) groups is 1. The van der Waals surface area contributed by atoms with Crippen LogP contribution in [0.3, 0.4) is 0 Å². The van der Waals surface area contributed by atoms with E-state index >= 15 is 0 Å². The smallest absolute Gasteiger partial charge is 0.144 e. The van der Waals surface area contributed by atoms with Crippen molar-refractivity contribution in [2.45, 2.75) is 37.1 Å². The van der Waals surface area contributed by atoms with Gasteiger partial charge in [0, 0.05) is 23.5 Å². The third-order valence-electron chi connectivity index (χ3n) is 3.90. The Morgan fingerprint density at radius 3 is 2.67 bits per heavy atom. The van der Waals surface area contributed by atoms with Gasteiger partial charge in [-0.3, -0.25) is 4.79 Å². The van der Waals surface area contributed by atoms with Gasteiger partial charge in [-0.05, 0) is 31.4 Å². The van der Waals surface area contributed by atoms with E-state index in [-0.39, 0.29) is 17.9 Å². The van der Waals surface area contributed by atoms with Crippen molar-refractivity contribution < 1.29 is 4.79 Å². The Balaban J connectivity index is 2.53. The SMILES string of the molecule is CC1(N)CCC(=O)C(CN)(c2ccccc2Cl)C1. The van der Waals surface area contributed by atoms with Crippen molar-refractivity contribution in [3.8, 4) is 0 Å². The minimum atomic E-state index is -0.722. The van der Waals surface area contributed by atoms with Crippen molar-refractivity contribution in [1.82, 2.24) is 0 Å². The molecule has 1 aromatic carbocycles. The number of halogens is 1. The molecule has 0 saturated heterocycles. The molecule has 4 N–H and O–H groups in total. The minimum Gasteiger partial charge on any atom is -0.329 e. The zero-order chi connectivity index (χ0) is 13.4. The van der Waals surface area contributed by atoms with Crippen LogP contribution in [0.25, 0.3) is 0 Å². The maximum atomic E-state index is 12.4. The van der Waals surface area contributed by atoms with Crippen LogP contribution in [0.2, 0.25) is 5.02 Å². The summed E-state index contributed by atoms with van der Waals surface area (Å²) < 4.78 is 0. The number of carbonyl (C=O) groups excluding carboxylic acids is 1. The normalized spacial score (nSPS) is 32.6. The first kappa shape index (κ1) is 13.5. The molecule has 0 aromatic heterocycles. The van der Waals surface area contributed by atoms with Gasteiger partial charge in [0.1, 0.15) is 5.78 Å². The molecule has 2 rings (SSSR count). The molecule has 98 valence electrons. The lowest BCUT2D eigenvalue weighted by atomic mass is 9.63. The van der Waals surface area contributed by atoms with E-state index in [1.54, 1.807) is 6.07 Å². The van der Waals surface area contributed by atoms with E-state index in [0.29, 0.717) is 24.3 Å². The number of rotatable bonds is 2. The van der Waals surface area contributed by atoms with E-state index in [2.05, 4.69) is 0 Å². The van der Waals surface area contributed by atoms with Gasteiger partial charge in [-0.2, -0.15) is 0 Å². The van der Waals surface area contributed by atoms with Crippen LogP contribution in [0.1, 0.15) is 31.7 Å². The molecule has 4 heteroatoms. The summed E-state index contributed by atoms with van der Waals surface area (Å²) in [6.45, 7) is 2.23. The summed E-state index contributed by atoms with van der Waals surface area (Å²) >= 11 is 6.24. The van der Waals surface area contributed by atoms with Crippen molar-refractivity contribution in [3.05, 3.63) is 34.9 Å². The van der Waals surface area contributed by atoms with Gasteiger partial charge in [-0.15, -0.1) is 0 Å². The molecule has 0 heterocycles. The molecule has 2 atom stereocenters. The Morgan fingerprint density at radius 2 is 2.06 bits per heavy atom. The number of hydrogen-bond donors (Lipinski definition) is 2. The molecule has 1 saturated carbocycles. The molecule has 0 spiro atoms. The van der Waals surface area contributed by atoms with Gasteiger partial charge in [-0.1, -0.05) is 29.8 Å². The van der Waals surface area contributed by atoms with Crippen LogP contribution in [0.5, 0.6) is 0 Å². The summed E-state index contributed by atoms with van der Waals surface area (Å²) in [6.07, 6.45) is 1.73. The summed E-state index contributed by atoms with van der Waals surface area (Å²) in [7, 11) is 0. The lowest BCUT2D eigenvalue weighted by Crippen LogP contribution is -2.56. The van der Waals surface area contributed by atoms with Crippen LogP contribution in [0.15, 0.2) is 24.3 Å². The van der Waals surface area contributed by atoms with E-state index < -0.39 is 5.41 Å². The van der Waals surface area contributed by atoms with Crippen molar-refractivity contribution in [2.24, 2.45) is 11.5 Å². The molecule has 0 aliphatic heterocycles. The minimum absolute atomic E-state index is 0.154. The van der Waals surface area contributed by atoms with Crippen LogP contribution in [0.4, 0.5) is 0 Å². The van der Waals surface area contributed by atoms with Crippen LogP contribution in [-0.2, 0) is 10.2 Å². The highest BCUT2D eigenvalue weighted by Crippen LogP contribution is 2.42. The van der Waals surface area contributed by atoms with Gasteiger partial charge >= 0.3 is 0 Å². The molecule has 0 bridgehead atoms. The zero-order valence-corrected chi connectivity index (χ0v) is 11.3. The van der Waals surface area contributed by atoms with E-state index in [1.807, 2.05) is 25.1 Å². The molecular formula is C14H19ClN2O. The average molecular weight is 267 g/mol.